The van der Waals surface area contributed by atoms with Crippen LogP contribution < -0.4 is 14.6 Å². The number of fused-ring (bicyclic) bond motifs is 2. The van der Waals surface area contributed by atoms with Gasteiger partial charge in [-0.25, -0.2) is 0 Å². The zero-order chi connectivity index (χ0) is 20.5. The van der Waals surface area contributed by atoms with Gasteiger partial charge in [-0.2, -0.15) is 0 Å². The molecule has 2 atom stereocenters. The van der Waals surface area contributed by atoms with E-state index in [9.17, 15) is 9.90 Å². The number of amides is 1. The van der Waals surface area contributed by atoms with Crippen molar-refractivity contribution in [1.82, 2.24) is 4.90 Å². The minimum Gasteiger partial charge on any atom is -0.530 e. The standard InChI is InChI=1S/C24H23NO5/c26-24(27)25-10-9-20(19-7-8-21-22(12-19)30-15-29-21)23(13-25)28-14-16-5-6-17-3-1-2-4-18(17)11-16/h1-8,11-12,20,23H,9-10,13-15H2,(H,26,27)/p-1. The summed E-state index contributed by atoms with van der Waals surface area (Å²) in [6.07, 6.45) is -0.766. The SMILES string of the molecule is O=C([O-])N1CCC(c2ccc3c(c2)OCO3)C(OCc2ccc3ccccc3c2)C1. The maximum Gasteiger partial charge on any atom is 0.231 e. The molecule has 1 amide bonds. The number of nitrogens with zero attached hydrogens (tertiary/aromatic N) is 1. The molecule has 6 nitrogen and oxygen atoms in total. The Bertz CT molecular complexity index is 1080. The van der Waals surface area contributed by atoms with E-state index in [1.165, 1.54) is 10.3 Å². The highest BCUT2D eigenvalue weighted by atomic mass is 16.7. The van der Waals surface area contributed by atoms with Crippen LogP contribution in [0.4, 0.5) is 4.79 Å². The fourth-order valence-corrected chi connectivity index (χ4v) is 4.31. The van der Waals surface area contributed by atoms with Gasteiger partial charge >= 0.3 is 0 Å². The molecule has 5 rings (SSSR count). The number of rotatable bonds is 4. The van der Waals surface area contributed by atoms with Gasteiger partial charge in [-0.3, -0.25) is 0 Å². The van der Waals surface area contributed by atoms with E-state index < -0.39 is 6.09 Å². The summed E-state index contributed by atoms with van der Waals surface area (Å²) < 4.78 is 17.2. The van der Waals surface area contributed by atoms with Gasteiger partial charge in [0.25, 0.3) is 0 Å². The molecule has 1 saturated heterocycles. The quantitative estimate of drug-likeness (QED) is 0.667. The van der Waals surface area contributed by atoms with E-state index in [0.29, 0.717) is 19.6 Å². The second-order valence-electron chi connectivity index (χ2n) is 7.75. The summed E-state index contributed by atoms with van der Waals surface area (Å²) in [5.74, 6) is 1.53. The van der Waals surface area contributed by atoms with Crippen LogP contribution in [0.3, 0.4) is 0 Å². The van der Waals surface area contributed by atoms with Crippen molar-refractivity contribution in [2.75, 3.05) is 19.9 Å². The summed E-state index contributed by atoms with van der Waals surface area (Å²) in [4.78, 5) is 12.8. The molecule has 0 radical (unpaired) electrons. The zero-order valence-electron chi connectivity index (χ0n) is 16.5. The molecule has 154 valence electrons. The lowest BCUT2D eigenvalue weighted by Crippen LogP contribution is -2.51. The van der Waals surface area contributed by atoms with E-state index >= 15 is 0 Å². The second-order valence-corrected chi connectivity index (χ2v) is 7.75. The smallest absolute Gasteiger partial charge is 0.231 e. The van der Waals surface area contributed by atoms with Crippen molar-refractivity contribution in [1.29, 1.82) is 0 Å². The monoisotopic (exact) mass is 404 g/mol. The normalized spacial score (nSPS) is 20.5. The van der Waals surface area contributed by atoms with Gasteiger partial charge in [0.05, 0.1) is 12.7 Å². The number of hydrogen-bond acceptors (Lipinski definition) is 5. The van der Waals surface area contributed by atoms with Gasteiger partial charge in [0.1, 0.15) is 6.09 Å². The molecular weight excluding hydrogens is 382 g/mol. The average molecular weight is 404 g/mol. The Hall–Kier alpha value is -3.25. The van der Waals surface area contributed by atoms with Gasteiger partial charge in [-0.05, 0) is 46.5 Å². The number of carbonyl (C=O) groups excluding carboxylic acids is 1. The second kappa shape index (κ2) is 7.88. The van der Waals surface area contributed by atoms with E-state index in [2.05, 4.69) is 30.3 Å². The molecule has 0 bridgehead atoms. The Morgan fingerprint density at radius 2 is 1.87 bits per heavy atom. The summed E-state index contributed by atoms with van der Waals surface area (Å²) in [7, 11) is 0. The first kappa shape index (κ1) is 18.8. The molecule has 2 aliphatic rings. The predicted molar refractivity (Wildman–Crippen MR) is 109 cm³/mol. The van der Waals surface area contributed by atoms with Crippen molar-refractivity contribution in [2.24, 2.45) is 0 Å². The number of carbonyl (C=O) groups is 1. The third-order valence-corrected chi connectivity index (χ3v) is 5.92. The van der Waals surface area contributed by atoms with Crippen molar-refractivity contribution in [3.8, 4) is 11.5 Å². The minimum absolute atomic E-state index is 0.0653. The number of ether oxygens (including phenoxy) is 3. The molecule has 0 N–H and O–H groups in total. The Balaban J connectivity index is 1.37. The Kier molecular flexibility index (Phi) is 4.93. The van der Waals surface area contributed by atoms with Crippen LogP contribution in [0.5, 0.6) is 11.5 Å². The van der Waals surface area contributed by atoms with Crippen LogP contribution in [0.2, 0.25) is 0 Å². The third kappa shape index (κ3) is 3.66. The van der Waals surface area contributed by atoms with Crippen molar-refractivity contribution in [3.63, 3.8) is 0 Å². The maximum absolute atomic E-state index is 11.4. The molecule has 6 heteroatoms. The van der Waals surface area contributed by atoms with E-state index in [1.54, 1.807) is 0 Å². The summed E-state index contributed by atoms with van der Waals surface area (Å²) >= 11 is 0. The minimum atomic E-state index is -1.15. The lowest BCUT2D eigenvalue weighted by atomic mass is 9.86. The molecule has 2 unspecified atom stereocenters. The molecule has 3 aromatic carbocycles. The van der Waals surface area contributed by atoms with Crippen molar-refractivity contribution in [3.05, 3.63) is 71.8 Å². The fraction of sp³-hybridized carbons (Fsp3) is 0.292. The predicted octanol–water partition coefficient (Wildman–Crippen LogP) is 3.29. The summed E-state index contributed by atoms with van der Waals surface area (Å²) in [5, 5.41) is 13.8. The first-order valence-electron chi connectivity index (χ1n) is 10.1. The lowest BCUT2D eigenvalue weighted by Gasteiger charge is -2.40. The highest BCUT2D eigenvalue weighted by molar-refractivity contribution is 5.82. The van der Waals surface area contributed by atoms with Crippen LogP contribution in [0.15, 0.2) is 60.7 Å². The molecule has 2 aliphatic heterocycles. The van der Waals surface area contributed by atoms with E-state index in [4.69, 9.17) is 14.2 Å². The number of hydrogen-bond donors (Lipinski definition) is 0. The van der Waals surface area contributed by atoms with Crippen LogP contribution in [-0.2, 0) is 11.3 Å². The van der Waals surface area contributed by atoms with Crippen LogP contribution in [0.1, 0.15) is 23.5 Å². The Morgan fingerprint density at radius 1 is 1.03 bits per heavy atom. The number of carboxylic acid groups (broad SMARTS) is 1. The molecule has 2 heterocycles. The van der Waals surface area contributed by atoms with Gasteiger partial charge in [0.15, 0.2) is 11.5 Å². The van der Waals surface area contributed by atoms with Gasteiger partial charge in [-0.15, -0.1) is 0 Å². The van der Waals surface area contributed by atoms with E-state index in [-0.39, 0.29) is 25.4 Å². The van der Waals surface area contributed by atoms with Gasteiger partial charge in [0, 0.05) is 19.0 Å². The third-order valence-electron chi connectivity index (χ3n) is 5.92. The lowest BCUT2D eigenvalue weighted by molar-refractivity contribution is -0.268. The van der Waals surface area contributed by atoms with Gasteiger partial charge in [0.2, 0.25) is 6.79 Å². The van der Waals surface area contributed by atoms with Crippen LogP contribution in [-0.4, -0.2) is 37.0 Å². The molecular formula is C24H22NO5-. The molecule has 0 saturated carbocycles. The van der Waals surface area contributed by atoms with Crippen LogP contribution in [0.25, 0.3) is 10.8 Å². The molecule has 0 spiro atoms. The van der Waals surface area contributed by atoms with Crippen molar-refractivity contribution in [2.45, 2.75) is 25.0 Å². The first-order valence-corrected chi connectivity index (χ1v) is 10.1. The van der Waals surface area contributed by atoms with E-state index in [0.717, 1.165) is 28.0 Å². The van der Waals surface area contributed by atoms with E-state index in [1.807, 2.05) is 30.3 Å². The zero-order valence-corrected chi connectivity index (χ0v) is 16.5. The molecule has 3 aromatic rings. The maximum atomic E-state index is 11.4. The van der Waals surface area contributed by atoms with Crippen molar-refractivity contribution < 1.29 is 24.1 Å². The summed E-state index contributed by atoms with van der Waals surface area (Å²) in [6.45, 7) is 1.35. The van der Waals surface area contributed by atoms with Crippen LogP contribution in [0, 0.1) is 0 Å². The van der Waals surface area contributed by atoms with Gasteiger partial charge in [-0.1, -0.05) is 42.5 Å². The largest absolute Gasteiger partial charge is 0.530 e. The average Bonchev–Trinajstić information content (AvgIpc) is 3.25. The number of piperidine rings is 1. The highest BCUT2D eigenvalue weighted by Gasteiger charge is 2.32. The van der Waals surface area contributed by atoms with Gasteiger partial charge < -0.3 is 29.0 Å². The fourth-order valence-electron chi connectivity index (χ4n) is 4.31. The topological polar surface area (TPSA) is 71.1 Å². The van der Waals surface area contributed by atoms with Crippen LogP contribution >= 0.6 is 0 Å². The first-order chi connectivity index (χ1) is 14.7. The number of likely N-dealkylation sites (tertiary alicyclic amines) is 1. The molecule has 0 aromatic heterocycles. The molecule has 30 heavy (non-hydrogen) atoms. The summed E-state index contributed by atoms with van der Waals surface area (Å²) in [5.41, 5.74) is 2.13. The molecule has 1 fully saturated rings. The Labute approximate surface area is 174 Å². The highest BCUT2D eigenvalue weighted by Crippen LogP contribution is 2.38. The molecule has 0 aliphatic carbocycles. The summed E-state index contributed by atoms with van der Waals surface area (Å²) in [6, 6.07) is 20.3. The van der Waals surface area contributed by atoms with Crippen molar-refractivity contribution >= 4 is 16.9 Å². The Morgan fingerprint density at radius 3 is 2.73 bits per heavy atom. The number of benzene rings is 3.